The van der Waals surface area contributed by atoms with E-state index in [2.05, 4.69) is 10.6 Å². The van der Waals surface area contributed by atoms with Gasteiger partial charge >= 0.3 is 12.2 Å². The van der Waals surface area contributed by atoms with E-state index in [1.165, 1.54) is 30.3 Å². The van der Waals surface area contributed by atoms with Crippen LogP contribution in [0, 0.1) is 5.82 Å². The number of hydrogen-bond acceptors (Lipinski definition) is 4. The van der Waals surface area contributed by atoms with Gasteiger partial charge in [-0.3, -0.25) is 0 Å². The molecular formula is C23H26F4N2O4. The molecule has 180 valence electrons. The fourth-order valence-corrected chi connectivity index (χ4v) is 3.83. The smallest absolute Gasteiger partial charge is 0.418 e. The Morgan fingerprint density at radius 2 is 1.85 bits per heavy atom. The molecule has 0 aromatic heterocycles. The highest BCUT2D eigenvalue weighted by Gasteiger charge is 2.42. The van der Waals surface area contributed by atoms with Crippen molar-refractivity contribution in [1.82, 2.24) is 5.32 Å². The van der Waals surface area contributed by atoms with E-state index in [4.69, 9.17) is 4.74 Å². The number of urea groups is 1. The third-order valence-corrected chi connectivity index (χ3v) is 5.60. The van der Waals surface area contributed by atoms with Crippen molar-refractivity contribution < 1.29 is 37.3 Å². The molecule has 3 rings (SSSR count). The van der Waals surface area contributed by atoms with Crippen LogP contribution in [0.25, 0.3) is 0 Å². The van der Waals surface area contributed by atoms with Gasteiger partial charge in [-0.25, -0.2) is 9.18 Å². The number of carbonyl (C=O) groups is 1. The van der Waals surface area contributed by atoms with Crippen LogP contribution in [0.3, 0.4) is 0 Å². The van der Waals surface area contributed by atoms with Crippen LogP contribution in [0.5, 0.6) is 5.75 Å². The van der Waals surface area contributed by atoms with Crippen LogP contribution in [-0.4, -0.2) is 35.6 Å². The van der Waals surface area contributed by atoms with Gasteiger partial charge in [-0.15, -0.1) is 0 Å². The normalized spacial score (nSPS) is 19.1. The summed E-state index contributed by atoms with van der Waals surface area (Å²) in [5.41, 5.74) is 0.265. The molecule has 0 bridgehead atoms. The molecular weight excluding hydrogens is 444 g/mol. The van der Waals surface area contributed by atoms with Gasteiger partial charge in [-0.05, 0) is 52.8 Å². The van der Waals surface area contributed by atoms with Gasteiger partial charge in [0.25, 0.3) is 0 Å². The van der Waals surface area contributed by atoms with Crippen molar-refractivity contribution in [2.75, 3.05) is 12.4 Å². The molecule has 1 aliphatic carbocycles. The van der Waals surface area contributed by atoms with Crippen molar-refractivity contribution in [2.24, 2.45) is 0 Å². The van der Waals surface area contributed by atoms with E-state index in [1.54, 1.807) is 20.8 Å². The minimum atomic E-state index is -4.95. The van der Waals surface area contributed by atoms with Crippen LogP contribution in [-0.2, 0) is 11.8 Å². The number of ether oxygens (including phenoxy) is 1. The highest BCUT2D eigenvalue weighted by atomic mass is 19.4. The van der Waals surface area contributed by atoms with E-state index in [0.717, 1.165) is 7.11 Å². The Bertz CT molecular complexity index is 1050. The van der Waals surface area contributed by atoms with E-state index in [-0.39, 0.29) is 17.9 Å². The number of fused-ring (bicyclic) bond motifs is 1. The predicted octanol–water partition coefficient (Wildman–Crippen LogP) is 4.51. The van der Waals surface area contributed by atoms with Gasteiger partial charge in [0, 0.05) is 5.56 Å². The van der Waals surface area contributed by atoms with Crippen LogP contribution in [0.2, 0.25) is 0 Å². The number of benzene rings is 2. The average molecular weight is 470 g/mol. The lowest BCUT2D eigenvalue weighted by Gasteiger charge is -2.26. The lowest BCUT2D eigenvalue weighted by molar-refractivity contribution is -0.207. The third kappa shape index (κ3) is 5.22. The molecule has 0 saturated carbocycles. The summed E-state index contributed by atoms with van der Waals surface area (Å²) in [6.07, 6.45) is -8.66. The fraction of sp³-hybridized carbons (Fsp3) is 0.435. The van der Waals surface area contributed by atoms with Crippen LogP contribution in [0.4, 0.5) is 28.0 Å². The molecule has 4 N–H and O–H groups in total. The number of nitrogens with one attached hydrogen (secondary N) is 2. The third-order valence-electron chi connectivity index (χ3n) is 5.60. The fourth-order valence-electron chi connectivity index (χ4n) is 3.83. The molecule has 3 atom stereocenters. The van der Waals surface area contributed by atoms with Gasteiger partial charge in [0.05, 0.1) is 24.9 Å². The summed E-state index contributed by atoms with van der Waals surface area (Å²) in [6, 6.07) is 5.08. The first kappa shape index (κ1) is 24.8. The molecule has 0 aliphatic heterocycles. The Hall–Kier alpha value is -2.85. The molecule has 10 heteroatoms. The number of aliphatic hydroxyl groups excluding tert-OH is 2. The number of alkyl halides is 3. The van der Waals surface area contributed by atoms with Gasteiger partial charge in [-0.2, -0.15) is 13.2 Å². The average Bonchev–Trinajstić information content (AvgIpc) is 3.00. The molecule has 1 aliphatic rings. The van der Waals surface area contributed by atoms with Gasteiger partial charge in [0.1, 0.15) is 11.6 Å². The lowest BCUT2D eigenvalue weighted by Crippen LogP contribution is -2.40. The summed E-state index contributed by atoms with van der Waals surface area (Å²) in [7, 11) is 1.13. The summed E-state index contributed by atoms with van der Waals surface area (Å²) >= 11 is 0. The molecule has 2 amide bonds. The number of anilines is 1. The van der Waals surface area contributed by atoms with Gasteiger partial charge < -0.3 is 25.6 Å². The zero-order valence-corrected chi connectivity index (χ0v) is 18.5. The molecule has 0 fully saturated rings. The molecule has 0 saturated heterocycles. The SMILES string of the molecule is COc1c(NC(=O)N[C@H]2Cc3ccc(F)cc3[C@H]2O)cc(C(C)(C)C)cc1[C@@H](O)C(F)(F)F. The van der Waals surface area contributed by atoms with Crippen LogP contribution in [0.15, 0.2) is 30.3 Å². The second-order valence-corrected chi connectivity index (χ2v) is 9.04. The molecule has 0 radical (unpaired) electrons. The number of amides is 2. The first-order chi connectivity index (χ1) is 15.2. The number of carbonyl (C=O) groups excluding carboxylic acids is 1. The second kappa shape index (κ2) is 8.83. The van der Waals surface area contributed by atoms with Crippen molar-refractivity contribution in [3.63, 3.8) is 0 Å². The Labute approximate surface area is 188 Å². The van der Waals surface area contributed by atoms with Crippen molar-refractivity contribution >= 4 is 11.7 Å². The number of hydrogen-bond donors (Lipinski definition) is 4. The quantitative estimate of drug-likeness (QED) is 0.495. The Morgan fingerprint density at radius 1 is 1.18 bits per heavy atom. The predicted molar refractivity (Wildman–Crippen MR) is 114 cm³/mol. The van der Waals surface area contributed by atoms with Crippen molar-refractivity contribution in [2.45, 2.75) is 57.0 Å². The standard InChI is InChI=1S/C23H26F4N2O4/c1-22(2,3)12-8-15(20(31)23(25,26)27)19(33-4)17(9-12)29-21(32)28-16-7-11-5-6-13(24)10-14(11)18(16)30/h5-6,8-10,16,18,20,30-31H,7H2,1-4H3,(H2,28,29,32)/t16-,18+,20+/m0/s1. The monoisotopic (exact) mass is 470 g/mol. The Morgan fingerprint density at radius 3 is 2.42 bits per heavy atom. The molecule has 0 heterocycles. The maximum Gasteiger partial charge on any atom is 0.418 e. The molecule has 2 aromatic carbocycles. The molecule has 0 spiro atoms. The zero-order chi connectivity index (χ0) is 24.7. The first-order valence-corrected chi connectivity index (χ1v) is 10.2. The van der Waals surface area contributed by atoms with Crippen molar-refractivity contribution in [1.29, 1.82) is 0 Å². The lowest BCUT2D eigenvalue weighted by atomic mass is 9.84. The Balaban J connectivity index is 1.90. The van der Waals surface area contributed by atoms with Crippen LogP contribution in [0.1, 0.15) is 55.2 Å². The maximum absolute atomic E-state index is 13.5. The van der Waals surface area contributed by atoms with Crippen molar-refractivity contribution in [3.8, 4) is 5.75 Å². The number of halogens is 4. The van der Waals surface area contributed by atoms with E-state index in [9.17, 15) is 32.6 Å². The molecule has 2 aromatic rings. The van der Waals surface area contributed by atoms with Gasteiger partial charge in [-0.1, -0.05) is 26.8 Å². The van der Waals surface area contributed by atoms with Gasteiger partial charge in [0.15, 0.2) is 6.10 Å². The Kier molecular flexibility index (Phi) is 6.63. The van der Waals surface area contributed by atoms with Crippen molar-refractivity contribution in [3.05, 3.63) is 58.4 Å². The van der Waals surface area contributed by atoms with Crippen LogP contribution >= 0.6 is 0 Å². The highest BCUT2D eigenvalue weighted by Crippen LogP contribution is 2.43. The largest absolute Gasteiger partial charge is 0.494 e. The second-order valence-electron chi connectivity index (χ2n) is 9.04. The van der Waals surface area contributed by atoms with E-state index in [1.807, 2.05) is 0 Å². The van der Waals surface area contributed by atoms with Crippen LogP contribution < -0.4 is 15.4 Å². The first-order valence-electron chi connectivity index (χ1n) is 10.2. The topological polar surface area (TPSA) is 90.8 Å². The summed E-state index contributed by atoms with van der Waals surface area (Å²) < 4.78 is 58.5. The van der Waals surface area contributed by atoms with E-state index < -0.39 is 47.3 Å². The van der Waals surface area contributed by atoms with E-state index >= 15 is 0 Å². The summed E-state index contributed by atoms with van der Waals surface area (Å²) in [6.45, 7) is 5.31. The minimum Gasteiger partial charge on any atom is -0.494 e. The molecule has 0 unspecified atom stereocenters. The van der Waals surface area contributed by atoms with E-state index in [0.29, 0.717) is 16.7 Å². The summed E-state index contributed by atoms with van der Waals surface area (Å²) in [5, 5.41) is 25.4. The zero-order valence-electron chi connectivity index (χ0n) is 18.5. The minimum absolute atomic E-state index is 0.0724. The summed E-state index contributed by atoms with van der Waals surface area (Å²) in [5.74, 6) is -0.849. The summed E-state index contributed by atoms with van der Waals surface area (Å²) in [4.78, 5) is 12.7. The highest BCUT2D eigenvalue weighted by molar-refractivity contribution is 5.92. The maximum atomic E-state index is 13.5. The number of aliphatic hydroxyl groups is 2. The number of methoxy groups -OCH3 is 1. The molecule has 33 heavy (non-hydrogen) atoms. The molecule has 6 nitrogen and oxygen atoms in total. The number of rotatable bonds is 4. The van der Waals surface area contributed by atoms with Gasteiger partial charge in [0.2, 0.25) is 0 Å².